The van der Waals surface area contributed by atoms with Crippen molar-refractivity contribution in [1.29, 1.82) is 0 Å². The predicted molar refractivity (Wildman–Crippen MR) is 116 cm³/mol. The maximum Gasteiger partial charge on any atom is 0.323 e. The number of carbonyl (C=O) groups is 2. The summed E-state index contributed by atoms with van der Waals surface area (Å²) in [4.78, 5) is 25.3. The van der Waals surface area contributed by atoms with E-state index in [9.17, 15) is 9.59 Å². The Morgan fingerprint density at radius 2 is 1.38 bits per heavy atom. The Balaban J connectivity index is 1.46. The maximum absolute atomic E-state index is 13.0. The lowest BCUT2D eigenvalue weighted by molar-refractivity contribution is -0.118. The highest BCUT2D eigenvalue weighted by Crippen LogP contribution is 2.49. The van der Waals surface area contributed by atoms with E-state index in [1.807, 2.05) is 79.7 Å². The molecule has 0 aromatic heterocycles. The Morgan fingerprint density at radius 3 is 2.03 bits per heavy atom. The Labute approximate surface area is 170 Å². The van der Waals surface area contributed by atoms with Crippen molar-refractivity contribution in [3.05, 3.63) is 90.0 Å². The van der Waals surface area contributed by atoms with Crippen LogP contribution >= 0.6 is 0 Å². The van der Waals surface area contributed by atoms with Gasteiger partial charge in [-0.05, 0) is 55.2 Å². The van der Waals surface area contributed by atoms with Crippen molar-refractivity contribution in [3.8, 4) is 0 Å². The number of anilines is 3. The number of rotatable bonds is 5. The van der Waals surface area contributed by atoms with Gasteiger partial charge in [0.05, 0.1) is 5.41 Å². The fourth-order valence-corrected chi connectivity index (χ4v) is 3.42. The smallest absolute Gasteiger partial charge is 0.323 e. The van der Waals surface area contributed by atoms with Gasteiger partial charge in [0.25, 0.3) is 0 Å². The zero-order valence-corrected chi connectivity index (χ0v) is 16.2. The first-order valence-electron chi connectivity index (χ1n) is 9.67. The first-order chi connectivity index (χ1) is 14.1. The van der Waals surface area contributed by atoms with Crippen LogP contribution in [0.4, 0.5) is 21.9 Å². The second-order valence-electron chi connectivity index (χ2n) is 7.38. The van der Waals surface area contributed by atoms with Crippen molar-refractivity contribution >= 4 is 29.0 Å². The summed E-state index contributed by atoms with van der Waals surface area (Å²) in [5.41, 5.74) is 3.58. The minimum absolute atomic E-state index is 0.00214. The molecule has 5 nitrogen and oxygen atoms in total. The average Bonchev–Trinajstić information content (AvgIpc) is 3.54. The molecule has 0 radical (unpaired) electrons. The van der Waals surface area contributed by atoms with Gasteiger partial charge < -0.3 is 16.0 Å². The Morgan fingerprint density at radius 1 is 0.759 bits per heavy atom. The van der Waals surface area contributed by atoms with Gasteiger partial charge in [0, 0.05) is 17.1 Å². The lowest BCUT2D eigenvalue weighted by Gasteiger charge is -2.18. The highest BCUT2D eigenvalue weighted by atomic mass is 16.2. The van der Waals surface area contributed by atoms with Crippen LogP contribution in [0.15, 0.2) is 78.9 Å². The quantitative estimate of drug-likeness (QED) is 0.557. The number of amides is 3. The predicted octanol–water partition coefficient (Wildman–Crippen LogP) is 5.31. The van der Waals surface area contributed by atoms with Crippen molar-refractivity contribution < 1.29 is 9.59 Å². The van der Waals surface area contributed by atoms with E-state index in [2.05, 4.69) is 16.0 Å². The fraction of sp³-hybridized carbons (Fsp3) is 0.167. The molecule has 1 saturated carbocycles. The summed E-state index contributed by atoms with van der Waals surface area (Å²) in [6.45, 7) is 1.94. The minimum Gasteiger partial charge on any atom is -0.325 e. The summed E-state index contributed by atoms with van der Waals surface area (Å²) in [6, 6.07) is 24.3. The van der Waals surface area contributed by atoms with Crippen LogP contribution in [0, 0.1) is 6.92 Å². The van der Waals surface area contributed by atoms with Gasteiger partial charge in [-0.2, -0.15) is 0 Å². The van der Waals surface area contributed by atoms with Gasteiger partial charge in [-0.3, -0.25) is 4.79 Å². The molecular formula is C24H23N3O2. The number of carbonyl (C=O) groups excluding carboxylic acids is 2. The van der Waals surface area contributed by atoms with Crippen LogP contribution in [0.5, 0.6) is 0 Å². The summed E-state index contributed by atoms with van der Waals surface area (Å²) >= 11 is 0. The molecule has 0 aliphatic heterocycles. The number of hydrogen-bond donors (Lipinski definition) is 3. The molecule has 4 rings (SSSR count). The molecule has 5 heteroatoms. The number of hydrogen-bond acceptors (Lipinski definition) is 2. The normalized spacial score (nSPS) is 14.0. The lowest BCUT2D eigenvalue weighted by atomic mass is 9.95. The van der Waals surface area contributed by atoms with Crippen molar-refractivity contribution in [3.63, 3.8) is 0 Å². The molecule has 0 bridgehead atoms. The molecule has 29 heavy (non-hydrogen) atoms. The van der Waals surface area contributed by atoms with Crippen molar-refractivity contribution in [2.45, 2.75) is 25.2 Å². The Kier molecular flexibility index (Phi) is 5.04. The molecule has 1 fully saturated rings. The molecule has 3 amide bonds. The van der Waals surface area contributed by atoms with Gasteiger partial charge in [0.2, 0.25) is 5.91 Å². The number of benzene rings is 3. The average molecular weight is 385 g/mol. The van der Waals surface area contributed by atoms with Gasteiger partial charge in [-0.25, -0.2) is 4.79 Å². The molecule has 0 unspecified atom stereocenters. The third kappa shape index (κ3) is 4.14. The highest BCUT2D eigenvalue weighted by molar-refractivity contribution is 6.03. The summed E-state index contributed by atoms with van der Waals surface area (Å²) in [5.74, 6) is -0.00214. The summed E-state index contributed by atoms with van der Waals surface area (Å²) in [5, 5.41) is 8.66. The topological polar surface area (TPSA) is 70.2 Å². The third-order valence-corrected chi connectivity index (χ3v) is 5.29. The van der Waals surface area contributed by atoms with E-state index in [1.165, 1.54) is 0 Å². The molecule has 0 saturated heterocycles. The van der Waals surface area contributed by atoms with Gasteiger partial charge in [0.1, 0.15) is 0 Å². The second-order valence-corrected chi connectivity index (χ2v) is 7.38. The minimum atomic E-state index is -0.443. The van der Waals surface area contributed by atoms with E-state index < -0.39 is 5.41 Å². The molecule has 146 valence electrons. The molecular weight excluding hydrogens is 362 g/mol. The number of aryl methyl sites for hydroxylation is 1. The van der Waals surface area contributed by atoms with E-state index in [-0.39, 0.29) is 11.9 Å². The SMILES string of the molecule is Cc1ccc(NC(=O)Nc2ccccc2)cc1NC(=O)C1(c2ccccc2)CC1. The van der Waals surface area contributed by atoms with E-state index in [0.717, 1.165) is 24.0 Å². The van der Waals surface area contributed by atoms with Crippen LogP contribution in [0.1, 0.15) is 24.0 Å². The molecule has 0 atom stereocenters. The van der Waals surface area contributed by atoms with Crippen molar-refractivity contribution in [2.75, 3.05) is 16.0 Å². The largest absolute Gasteiger partial charge is 0.325 e. The zero-order chi connectivity index (χ0) is 20.3. The highest BCUT2D eigenvalue weighted by Gasteiger charge is 2.51. The molecule has 1 aliphatic rings. The Hall–Kier alpha value is -3.60. The van der Waals surface area contributed by atoms with E-state index in [4.69, 9.17) is 0 Å². The van der Waals surface area contributed by atoms with Gasteiger partial charge >= 0.3 is 6.03 Å². The molecule has 0 spiro atoms. The summed E-state index contributed by atoms with van der Waals surface area (Å²) < 4.78 is 0. The number of nitrogens with one attached hydrogen (secondary N) is 3. The van der Waals surface area contributed by atoms with E-state index in [1.54, 1.807) is 6.07 Å². The molecule has 0 heterocycles. The monoisotopic (exact) mass is 385 g/mol. The Bertz CT molecular complexity index is 1030. The van der Waals surface area contributed by atoms with Crippen LogP contribution in [0.2, 0.25) is 0 Å². The summed E-state index contributed by atoms with van der Waals surface area (Å²) in [6.07, 6.45) is 1.69. The first kappa shape index (κ1) is 18.7. The van der Waals surface area contributed by atoms with Crippen LogP contribution in [-0.4, -0.2) is 11.9 Å². The lowest BCUT2D eigenvalue weighted by Crippen LogP contribution is -2.28. The molecule has 3 N–H and O–H groups in total. The van der Waals surface area contributed by atoms with Crippen molar-refractivity contribution in [1.82, 2.24) is 0 Å². The third-order valence-electron chi connectivity index (χ3n) is 5.29. The van der Waals surface area contributed by atoms with Crippen LogP contribution in [0.3, 0.4) is 0 Å². The van der Waals surface area contributed by atoms with Crippen molar-refractivity contribution in [2.24, 2.45) is 0 Å². The van der Waals surface area contributed by atoms with E-state index >= 15 is 0 Å². The standard InChI is InChI=1S/C24H23N3O2/c1-17-12-13-20(26-23(29)25-19-10-6-3-7-11-19)16-21(17)27-22(28)24(14-15-24)18-8-4-2-5-9-18/h2-13,16H,14-15H2,1H3,(H,27,28)(H2,25,26,29). The van der Waals surface area contributed by atoms with Crippen LogP contribution < -0.4 is 16.0 Å². The molecule has 3 aromatic carbocycles. The summed E-state index contributed by atoms with van der Waals surface area (Å²) in [7, 11) is 0. The van der Waals surface area contributed by atoms with Crippen LogP contribution in [0.25, 0.3) is 0 Å². The molecule has 3 aromatic rings. The van der Waals surface area contributed by atoms with Crippen LogP contribution in [-0.2, 0) is 10.2 Å². The number of urea groups is 1. The number of para-hydroxylation sites is 1. The maximum atomic E-state index is 13.0. The van der Waals surface area contributed by atoms with E-state index in [0.29, 0.717) is 17.1 Å². The van der Waals surface area contributed by atoms with Gasteiger partial charge in [-0.1, -0.05) is 54.6 Å². The first-order valence-corrected chi connectivity index (χ1v) is 9.67. The van der Waals surface area contributed by atoms with Gasteiger partial charge in [0.15, 0.2) is 0 Å². The van der Waals surface area contributed by atoms with Gasteiger partial charge in [-0.15, -0.1) is 0 Å². The zero-order valence-electron chi connectivity index (χ0n) is 16.2. The second kappa shape index (κ2) is 7.80. The fourth-order valence-electron chi connectivity index (χ4n) is 3.42. The molecule has 1 aliphatic carbocycles.